The lowest BCUT2D eigenvalue weighted by atomic mass is 9.78. The standard InChI is InChI=1S/C19H29N3O2S/c1-13-6-4-8-16(12-13)24-11-10-18(23)21-22-19(25)20-17-9-5-7-14(2)15(17)3/h4,6,8,12,14-15,17H,5,7,9-11H2,1-3H3,(H,21,23)(H2,20,22,25)/t14-,15+,17-/m1/s1. The summed E-state index contributed by atoms with van der Waals surface area (Å²) in [4.78, 5) is 11.9. The Labute approximate surface area is 155 Å². The highest BCUT2D eigenvalue weighted by atomic mass is 32.1. The van der Waals surface area contributed by atoms with Crippen LogP contribution in [-0.4, -0.2) is 23.7 Å². The van der Waals surface area contributed by atoms with Gasteiger partial charge in [-0.15, -0.1) is 0 Å². The summed E-state index contributed by atoms with van der Waals surface area (Å²) in [5.41, 5.74) is 6.54. The normalized spacial score (nSPS) is 22.8. The van der Waals surface area contributed by atoms with E-state index in [-0.39, 0.29) is 12.3 Å². The molecule has 0 aromatic heterocycles. The van der Waals surface area contributed by atoms with Crippen LogP contribution in [-0.2, 0) is 4.79 Å². The molecule has 1 amide bonds. The van der Waals surface area contributed by atoms with Gasteiger partial charge >= 0.3 is 0 Å². The molecule has 0 radical (unpaired) electrons. The molecule has 0 bridgehead atoms. The largest absolute Gasteiger partial charge is 0.493 e. The topological polar surface area (TPSA) is 62.4 Å². The molecule has 25 heavy (non-hydrogen) atoms. The maximum absolute atomic E-state index is 11.9. The quantitative estimate of drug-likeness (QED) is 0.554. The number of benzene rings is 1. The van der Waals surface area contributed by atoms with Crippen molar-refractivity contribution in [1.82, 2.24) is 16.2 Å². The van der Waals surface area contributed by atoms with Crippen LogP contribution in [0.5, 0.6) is 5.75 Å². The Morgan fingerprint density at radius 1 is 1.28 bits per heavy atom. The molecule has 0 spiro atoms. The van der Waals surface area contributed by atoms with Crippen LogP contribution in [0.4, 0.5) is 0 Å². The molecule has 2 rings (SSSR count). The number of hydrogen-bond acceptors (Lipinski definition) is 3. The first-order valence-electron chi connectivity index (χ1n) is 9.00. The van der Waals surface area contributed by atoms with Crippen LogP contribution in [0.3, 0.4) is 0 Å². The van der Waals surface area contributed by atoms with Gasteiger partial charge in [0, 0.05) is 6.04 Å². The maximum Gasteiger partial charge on any atom is 0.241 e. The average molecular weight is 364 g/mol. The van der Waals surface area contributed by atoms with Crippen molar-refractivity contribution in [3.63, 3.8) is 0 Å². The third kappa shape index (κ3) is 6.53. The van der Waals surface area contributed by atoms with E-state index in [1.165, 1.54) is 12.8 Å². The first-order chi connectivity index (χ1) is 12.0. The van der Waals surface area contributed by atoms with E-state index >= 15 is 0 Å². The van der Waals surface area contributed by atoms with Gasteiger partial charge in [-0.05, 0) is 55.1 Å². The number of amides is 1. The fraction of sp³-hybridized carbons (Fsp3) is 0.579. The van der Waals surface area contributed by atoms with Crippen molar-refractivity contribution in [3.05, 3.63) is 29.8 Å². The summed E-state index contributed by atoms with van der Waals surface area (Å²) in [5.74, 6) is 1.90. The summed E-state index contributed by atoms with van der Waals surface area (Å²) < 4.78 is 5.57. The Kier molecular flexibility index (Phi) is 7.50. The summed E-state index contributed by atoms with van der Waals surface area (Å²) in [5, 5.41) is 3.79. The second-order valence-corrected chi connectivity index (χ2v) is 7.34. The van der Waals surface area contributed by atoms with Crippen LogP contribution < -0.4 is 20.9 Å². The second-order valence-electron chi connectivity index (χ2n) is 6.94. The van der Waals surface area contributed by atoms with Crippen molar-refractivity contribution in [1.29, 1.82) is 0 Å². The van der Waals surface area contributed by atoms with Gasteiger partial charge in [-0.2, -0.15) is 0 Å². The second kappa shape index (κ2) is 9.61. The molecule has 1 aromatic rings. The van der Waals surface area contributed by atoms with E-state index < -0.39 is 0 Å². The minimum atomic E-state index is -0.151. The van der Waals surface area contributed by atoms with E-state index in [9.17, 15) is 4.79 Å². The number of nitrogens with one attached hydrogen (secondary N) is 3. The molecule has 1 aliphatic rings. The highest BCUT2D eigenvalue weighted by Gasteiger charge is 2.27. The highest BCUT2D eigenvalue weighted by molar-refractivity contribution is 7.80. The smallest absolute Gasteiger partial charge is 0.241 e. The zero-order valence-electron chi connectivity index (χ0n) is 15.3. The predicted octanol–water partition coefficient (Wildman–Crippen LogP) is 3.08. The number of hydrazine groups is 1. The highest BCUT2D eigenvalue weighted by Crippen LogP contribution is 2.29. The average Bonchev–Trinajstić information content (AvgIpc) is 2.57. The van der Waals surface area contributed by atoms with Gasteiger partial charge in [0.05, 0.1) is 13.0 Å². The van der Waals surface area contributed by atoms with E-state index in [2.05, 4.69) is 30.0 Å². The first kappa shape index (κ1) is 19.5. The number of carbonyl (C=O) groups is 1. The minimum Gasteiger partial charge on any atom is -0.493 e. The Morgan fingerprint density at radius 3 is 2.84 bits per heavy atom. The molecule has 0 aliphatic heterocycles. The third-order valence-electron chi connectivity index (χ3n) is 4.93. The van der Waals surface area contributed by atoms with Gasteiger partial charge in [0.25, 0.3) is 0 Å². The van der Waals surface area contributed by atoms with Crippen molar-refractivity contribution in [2.45, 2.75) is 52.5 Å². The molecule has 1 fully saturated rings. The Morgan fingerprint density at radius 2 is 2.08 bits per heavy atom. The molecule has 0 heterocycles. The number of thiocarbonyl (C=S) groups is 1. The van der Waals surface area contributed by atoms with Crippen molar-refractivity contribution in [3.8, 4) is 5.75 Å². The fourth-order valence-corrected chi connectivity index (χ4v) is 3.35. The molecule has 1 saturated carbocycles. The van der Waals surface area contributed by atoms with Crippen LogP contribution >= 0.6 is 12.2 Å². The van der Waals surface area contributed by atoms with Crippen molar-refractivity contribution >= 4 is 23.2 Å². The molecular formula is C19H29N3O2S. The first-order valence-corrected chi connectivity index (χ1v) is 9.41. The van der Waals surface area contributed by atoms with Gasteiger partial charge in [0.1, 0.15) is 5.75 Å². The van der Waals surface area contributed by atoms with Crippen LogP contribution in [0, 0.1) is 18.8 Å². The molecular weight excluding hydrogens is 334 g/mol. The van der Waals surface area contributed by atoms with E-state index in [1.54, 1.807) is 0 Å². The lowest BCUT2D eigenvalue weighted by Gasteiger charge is -2.35. The van der Waals surface area contributed by atoms with Gasteiger partial charge in [0.15, 0.2) is 5.11 Å². The number of aryl methyl sites for hydroxylation is 1. The Hall–Kier alpha value is -1.82. The molecule has 1 aliphatic carbocycles. The molecule has 0 unspecified atom stereocenters. The summed E-state index contributed by atoms with van der Waals surface area (Å²) in [6, 6.07) is 8.13. The predicted molar refractivity (Wildman–Crippen MR) is 104 cm³/mol. The van der Waals surface area contributed by atoms with Crippen molar-refractivity contribution in [2.75, 3.05) is 6.61 Å². The minimum absolute atomic E-state index is 0.151. The van der Waals surface area contributed by atoms with Crippen LogP contribution in [0.15, 0.2) is 24.3 Å². The molecule has 1 aromatic carbocycles. The molecule has 6 heteroatoms. The molecule has 0 saturated heterocycles. The molecule has 138 valence electrons. The number of rotatable bonds is 5. The zero-order valence-corrected chi connectivity index (χ0v) is 16.1. The Balaban J connectivity index is 1.63. The van der Waals surface area contributed by atoms with Gasteiger partial charge in [0.2, 0.25) is 5.91 Å². The van der Waals surface area contributed by atoms with Crippen LogP contribution in [0.25, 0.3) is 0 Å². The molecule has 3 atom stereocenters. The molecule has 3 N–H and O–H groups in total. The van der Waals surface area contributed by atoms with Gasteiger partial charge < -0.3 is 10.1 Å². The van der Waals surface area contributed by atoms with Crippen molar-refractivity contribution in [2.24, 2.45) is 11.8 Å². The van der Waals surface area contributed by atoms with Gasteiger partial charge in [-0.1, -0.05) is 38.8 Å². The Bertz CT molecular complexity index is 594. The lowest BCUT2D eigenvalue weighted by Crippen LogP contribution is -2.52. The van der Waals surface area contributed by atoms with Crippen LogP contribution in [0.2, 0.25) is 0 Å². The monoisotopic (exact) mass is 363 g/mol. The number of carbonyl (C=O) groups excluding carboxylic acids is 1. The number of hydrogen-bond donors (Lipinski definition) is 3. The summed E-state index contributed by atoms with van der Waals surface area (Å²) >= 11 is 5.28. The van der Waals surface area contributed by atoms with Gasteiger partial charge in [-0.3, -0.25) is 15.6 Å². The van der Waals surface area contributed by atoms with E-state index in [1.807, 2.05) is 31.2 Å². The zero-order chi connectivity index (χ0) is 18.2. The van der Waals surface area contributed by atoms with Crippen molar-refractivity contribution < 1.29 is 9.53 Å². The maximum atomic E-state index is 11.9. The lowest BCUT2D eigenvalue weighted by molar-refractivity contribution is -0.122. The van der Waals surface area contributed by atoms with Crippen LogP contribution in [0.1, 0.15) is 45.1 Å². The fourth-order valence-electron chi connectivity index (χ4n) is 3.15. The van der Waals surface area contributed by atoms with E-state index in [0.717, 1.165) is 17.7 Å². The summed E-state index contributed by atoms with van der Waals surface area (Å²) in [7, 11) is 0. The van der Waals surface area contributed by atoms with E-state index in [4.69, 9.17) is 17.0 Å². The van der Waals surface area contributed by atoms with Gasteiger partial charge in [-0.25, -0.2) is 0 Å². The number of ether oxygens (including phenoxy) is 1. The van der Waals surface area contributed by atoms with E-state index in [0.29, 0.717) is 29.6 Å². The summed E-state index contributed by atoms with van der Waals surface area (Å²) in [6.45, 7) is 6.87. The third-order valence-corrected chi connectivity index (χ3v) is 5.15. The SMILES string of the molecule is Cc1cccc(OCCC(=O)NNC(=S)N[C@@H]2CCC[C@@H](C)[C@@H]2C)c1. The summed E-state index contributed by atoms with van der Waals surface area (Å²) in [6.07, 6.45) is 3.87. The molecule has 5 nitrogen and oxygen atoms in total.